The molecule has 1 amide bonds. The Hall–Kier alpha value is -2.71. The van der Waals surface area contributed by atoms with Crippen molar-refractivity contribution in [3.8, 4) is 0 Å². The molecule has 0 spiro atoms. The lowest BCUT2D eigenvalue weighted by molar-refractivity contribution is -0.119. The van der Waals surface area contributed by atoms with Gasteiger partial charge in [0.1, 0.15) is 6.54 Å². The number of benzene rings is 2. The van der Waals surface area contributed by atoms with Crippen LogP contribution in [0.15, 0.2) is 88.4 Å². The summed E-state index contributed by atoms with van der Waals surface area (Å²) in [7, 11) is -3.91. The Balaban J connectivity index is 1.85. The molecule has 0 saturated heterocycles. The average molecular weight is 460 g/mol. The molecule has 0 fully saturated rings. The molecular weight excluding hydrogens is 442 g/mol. The molecule has 1 heterocycles. The zero-order chi connectivity index (χ0) is 20.0. The molecule has 0 aliphatic rings. The second-order valence-electron chi connectivity index (χ2n) is 5.90. The Kier molecular flexibility index (Phi) is 6.43. The first kappa shape index (κ1) is 20.0. The average Bonchev–Trinajstić information content (AvgIpc) is 2.72. The van der Waals surface area contributed by atoms with Crippen LogP contribution in [0.5, 0.6) is 0 Å². The molecule has 0 radical (unpaired) electrons. The van der Waals surface area contributed by atoms with E-state index >= 15 is 0 Å². The van der Waals surface area contributed by atoms with Gasteiger partial charge in [-0.1, -0.05) is 46.3 Å². The van der Waals surface area contributed by atoms with Crippen LogP contribution in [0.3, 0.4) is 0 Å². The third kappa shape index (κ3) is 4.96. The summed E-state index contributed by atoms with van der Waals surface area (Å²) < 4.78 is 28.2. The summed E-state index contributed by atoms with van der Waals surface area (Å²) in [6.45, 7) is -0.127. The first-order valence-corrected chi connectivity index (χ1v) is 10.7. The first-order valence-electron chi connectivity index (χ1n) is 8.47. The van der Waals surface area contributed by atoms with Crippen molar-refractivity contribution in [2.75, 3.05) is 10.8 Å². The summed E-state index contributed by atoms with van der Waals surface area (Å²) in [6.07, 6.45) is 1.63. The standard InChI is InChI=1S/C20H18BrN3O3S/c21-16-7-6-9-18(13-16)24(28(26,27)19-10-2-1-3-11-19)15-20(25)23-14-17-8-4-5-12-22-17/h1-13H,14-15H2,(H,23,25). The maximum atomic E-state index is 13.2. The van der Waals surface area contributed by atoms with Crippen LogP contribution in [0.25, 0.3) is 0 Å². The predicted molar refractivity (Wildman–Crippen MR) is 111 cm³/mol. The van der Waals surface area contributed by atoms with Crippen molar-refractivity contribution in [2.24, 2.45) is 0 Å². The Morgan fingerprint density at radius 1 is 1.00 bits per heavy atom. The largest absolute Gasteiger partial charge is 0.349 e. The Labute approximate surface area is 172 Å². The molecule has 2 aromatic carbocycles. The van der Waals surface area contributed by atoms with Gasteiger partial charge in [0.2, 0.25) is 5.91 Å². The van der Waals surface area contributed by atoms with Crippen molar-refractivity contribution in [3.63, 3.8) is 0 Å². The van der Waals surface area contributed by atoms with E-state index < -0.39 is 15.9 Å². The van der Waals surface area contributed by atoms with E-state index in [2.05, 4.69) is 26.2 Å². The zero-order valence-electron chi connectivity index (χ0n) is 14.8. The number of rotatable bonds is 7. The second-order valence-corrected chi connectivity index (χ2v) is 8.68. The number of sulfonamides is 1. The van der Waals surface area contributed by atoms with E-state index in [1.165, 1.54) is 12.1 Å². The van der Waals surface area contributed by atoms with Crippen molar-refractivity contribution in [2.45, 2.75) is 11.4 Å². The van der Waals surface area contributed by atoms with E-state index in [0.29, 0.717) is 15.9 Å². The van der Waals surface area contributed by atoms with Crippen molar-refractivity contribution in [1.29, 1.82) is 0 Å². The van der Waals surface area contributed by atoms with E-state index in [4.69, 9.17) is 0 Å². The number of halogens is 1. The van der Waals surface area contributed by atoms with Gasteiger partial charge in [-0.25, -0.2) is 8.42 Å². The van der Waals surface area contributed by atoms with Crippen LogP contribution in [0.2, 0.25) is 0 Å². The molecule has 28 heavy (non-hydrogen) atoms. The molecule has 0 atom stereocenters. The summed E-state index contributed by atoms with van der Waals surface area (Å²) in [5.74, 6) is -0.426. The highest BCUT2D eigenvalue weighted by Gasteiger charge is 2.27. The minimum atomic E-state index is -3.91. The Morgan fingerprint density at radius 2 is 1.75 bits per heavy atom. The van der Waals surface area contributed by atoms with Gasteiger partial charge in [0.25, 0.3) is 10.0 Å². The number of aromatic nitrogens is 1. The minimum Gasteiger partial charge on any atom is -0.349 e. The molecule has 0 unspecified atom stereocenters. The number of carbonyl (C=O) groups excluding carboxylic acids is 1. The summed E-state index contributed by atoms with van der Waals surface area (Å²) >= 11 is 3.35. The summed E-state index contributed by atoms with van der Waals surface area (Å²) in [4.78, 5) is 16.8. The molecule has 0 bridgehead atoms. The number of anilines is 1. The highest BCUT2D eigenvalue weighted by molar-refractivity contribution is 9.10. The van der Waals surface area contributed by atoms with Crippen LogP contribution >= 0.6 is 15.9 Å². The predicted octanol–water partition coefficient (Wildman–Crippen LogP) is 3.36. The number of amides is 1. The lowest BCUT2D eigenvalue weighted by Crippen LogP contribution is -2.40. The molecule has 8 heteroatoms. The number of nitrogens with zero attached hydrogens (tertiary/aromatic N) is 2. The molecule has 0 aliphatic heterocycles. The van der Waals surface area contributed by atoms with Crippen LogP contribution in [0.4, 0.5) is 5.69 Å². The van der Waals surface area contributed by atoms with E-state index in [-0.39, 0.29) is 18.0 Å². The first-order chi connectivity index (χ1) is 13.5. The summed E-state index contributed by atoms with van der Waals surface area (Å²) in [5, 5.41) is 2.72. The lowest BCUT2D eigenvalue weighted by Gasteiger charge is -2.24. The fraction of sp³-hybridized carbons (Fsp3) is 0.100. The Morgan fingerprint density at radius 3 is 2.43 bits per heavy atom. The van der Waals surface area contributed by atoms with Gasteiger partial charge < -0.3 is 5.32 Å². The van der Waals surface area contributed by atoms with Gasteiger partial charge in [0.05, 0.1) is 22.8 Å². The molecule has 144 valence electrons. The minimum absolute atomic E-state index is 0.118. The van der Waals surface area contributed by atoms with Gasteiger partial charge in [-0.05, 0) is 42.5 Å². The third-order valence-electron chi connectivity index (χ3n) is 3.91. The van der Waals surface area contributed by atoms with E-state index in [1.54, 1.807) is 60.8 Å². The molecule has 1 aromatic heterocycles. The van der Waals surface area contributed by atoms with Gasteiger partial charge in [0, 0.05) is 10.7 Å². The second kappa shape index (κ2) is 8.99. The molecule has 0 aliphatic carbocycles. The monoisotopic (exact) mass is 459 g/mol. The maximum absolute atomic E-state index is 13.2. The summed E-state index contributed by atoms with van der Waals surface area (Å²) in [5.41, 5.74) is 1.09. The fourth-order valence-corrected chi connectivity index (χ4v) is 4.37. The Bertz CT molecular complexity index is 1040. The van der Waals surface area contributed by atoms with E-state index in [9.17, 15) is 13.2 Å². The van der Waals surface area contributed by atoms with Crippen molar-refractivity contribution < 1.29 is 13.2 Å². The van der Waals surface area contributed by atoms with Crippen molar-refractivity contribution in [1.82, 2.24) is 10.3 Å². The van der Waals surface area contributed by atoms with Gasteiger partial charge in [-0.3, -0.25) is 14.1 Å². The zero-order valence-corrected chi connectivity index (χ0v) is 17.2. The van der Waals surface area contributed by atoms with Crippen LogP contribution in [0.1, 0.15) is 5.69 Å². The molecule has 3 aromatic rings. The van der Waals surface area contributed by atoms with Crippen molar-refractivity contribution in [3.05, 3.63) is 89.2 Å². The lowest BCUT2D eigenvalue weighted by atomic mass is 10.3. The quantitative estimate of drug-likeness (QED) is 0.587. The SMILES string of the molecule is O=C(CN(c1cccc(Br)c1)S(=O)(=O)c1ccccc1)NCc1ccccn1. The molecule has 0 saturated carbocycles. The van der Waals surface area contributed by atoms with Gasteiger partial charge in [-0.2, -0.15) is 0 Å². The number of hydrogen-bond acceptors (Lipinski definition) is 4. The van der Waals surface area contributed by atoms with Crippen LogP contribution < -0.4 is 9.62 Å². The molecule has 1 N–H and O–H groups in total. The van der Waals surface area contributed by atoms with Crippen LogP contribution in [0, 0.1) is 0 Å². The normalized spacial score (nSPS) is 11.0. The van der Waals surface area contributed by atoms with Crippen LogP contribution in [-0.4, -0.2) is 25.9 Å². The van der Waals surface area contributed by atoms with Gasteiger partial charge in [0.15, 0.2) is 0 Å². The maximum Gasteiger partial charge on any atom is 0.264 e. The topological polar surface area (TPSA) is 79.4 Å². The van der Waals surface area contributed by atoms with Crippen molar-refractivity contribution >= 4 is 37.5 Å². The number of pyridine rings is 1. The fourth-order valence-electron chi connectivity index (χ4n) is 2.54. The molecule has 3 rings (SSSR count). The summed E-state index contributed by atoms with van der Waals surface area (Å²) in [6, 6.07) is 20.3. The highest BCUT2D eigenvalue weighted by atomic mass is 79.9. The third-order valence-corrected chi connectivity index (χ3v) is 6.19. The van der Waals surface area contributed by atoms with Gasteiger partial charge in [-0.15, -0.1) is 0 Å². The highest BCUT2D eigenvalue weighted by Crippen LogP contribution is 2.26. The van der Waals surface area contributed by atoms with E-state index in [1.807, 2.05) is 6.07 Å². The smallest absolute Gasteiger partial charge is 0.264 e. The number of nitrogens with one attached hydrogen (secondary N) is 1. The number of carbonyl (C=O) groups is 1. The molecule has 6 nitrogen and oxygen atoms in total. The van der Waals surface area contributed by atoms with Gasteiger partial charge >= 0.3 is 0 Å². The number of hydrogen-bond donors (Lipinski definition) is 1. The van der Waals surface area contributed by atoms with Crippen LogP contribution in [-0.2, 0) is 21.4 Å². The van der Waals surface area contributed by atoms with E-state index in [0.717, 1.165) is 4.31 Å². The molecular formula is C20H18BrN3O3S.